The normalized spacial score (nSPS) is 15.5. The van der Waals surface area contributed by atoms with Gasteiger partial charge in [0.05, 0.1) is 21.7 Å². The highest BCUT2D eigenvalue weighted by Gasteiger charge is 2.54. The van der Waals surface area contributed by atoms with Gasteiger partial charge in [-0.2, -0.15) is 0 Å². The predicted octanol–water partition coefficient (Wildman–Crippen LogP) is 30.0. The van der Waals surface area contributed by atoms with Crippen molar-refractivity contribution in [1.82, 2.24) is 0 Å². The molecule has 0 fully saturated rings. The Morgan fingerprint density at radius 2 is 0.358 bits per heavy atom. The summed E-state index contributed by atoms with van der Waals surface area (Å²) in [5.74, 6) is 0. The van der Waals surface area contributed by atoms with E-state index in [4.69, 9.17) is 0 Å². The van der Waals surface area contributed by atoms with E-state index in [2.05, 4.69) is 485 Å². The average molecular weight is 1560 g/mol. The molecule has 0 aliphatic heterocycles. The van der Waals surface area contributed by atoms with E-state index in [9.17, 15) is 0 Å². The third-order valence-corrected chi connectivity index (χ3v) is 28.8. The number of para-hydroxylation sites is 1. The van der Waals surface area contributed by atoms with Crippen molar-refractivity contribution in [2.24, 2.45) is 0 Å². The summed E-state index contributed by atoms with van der Waals surface area (Å²) < 4.78 is 0. The number of fused-ring (bicyclic) bond motifs is 22. The van der Waals surface area contributed by atoms with Crippen LogP contribution in [0.2, 0.25) is 0 Å². The molecule has 0 aromatic heterocycles. The van der Waals surface area contributed by atoms with Gasteiger partial charge in [-0.1, -0.05) is 402 Å². The first-order chi connectivity index (χ1) is 60.8. The molecule has 2 nitrogen and oxygen atoms in total. The molecule has 1 atom stereocenters. The summed E-state index contributed by atoms with van der Waals surface area (Å²) in [6, 6.07) is 175. The van der Waals surface area contributed by atoms with Crippen molar-refractivity contribution in [3.05, 3.63) is 561 Å². The van der Waals surface area contributed by atoms with Gasteiger partial charge < -0.3 is 9.80 Å². The third kappa shape index (κ3) is 9.75. The van der Waals surface area contributed by atoms with E-state index in [0.717, 1.165) is 45.3 Å². The quantitative estimate of drug-likeness (QED) is 0.114. The fraction of sp³-hybridized carbons (Fsp3) is 0.0579. The largest absolute Gasteiger partial charge is 0.310 e. The first-order valence-corrected chi connectivity index (χ1v) is 43.3. The van der Waals surface area contributed by atoms with Gasteiger partial charge in [-0.3, -0.25) is 0 Å². The Kier molecular flexibility index (Phi) is 15.5. The molecule has 1 spiro atoms. The Balaban J connectivity index is 0.600. The minimum atomic E-state index is -0.660. The number of hydrogen-bond acceptors (Lipinski definition) is 2. The second-order valence-electron chi connectivity index (χ2n) is 34.7. The number of hydrogen-bond donors (Lipinski definition) is 0. The molecule has 1 unspecified atom stereocenters. The summed E-state index contributed by atoms with van der Waals surface area (Å²) in [5.41, 5.74) is 44.7. The van der Waals surface area contributed by atoms with Crippen LogP contribution in [0, 0.1) is 0 Å². The molecule has 0 N–H and O–H groups in total. The van der Waals surface area contributed by atoms with Crippen LogP contribution in [0.3, 0.4) is 0 Å². The van der Waals surface area contributed by atoms with Crippen molar-refractivity contribution >= 4 is 34.1 Å². The van der Waals surface area contributed by atoms with Crippen molar-refractivity contribution in [1.29, 1.82) is 0 Å². The van der Waals surface area contributed by atoms with E-state index in [1.54, 1.807) is 0 Å². The molecular formula is C121H82N2. The van der Waals surface area contributed by atoms with Gasteiger partial charge in [-0.05, 0) is 251 Å². The average Bonchev–Trinajstić information content (AvgIpc) is 1.50. The second-order valence-corrected chi connectivity index (χ2v) is 34.7. The van der Waals surface area contributed by atoms with E-state index in [1.165, 1.54) is 167 Å². The Morgan fingerprint density at radius 3 is 0.715 bits per heavy atom. The van der Waals surface area contributed by atoms with Gasteiger partial charge in [0, 0.05) is 39.5 Å². The van der Waals surface area contributed by atoms with Gasteiger partial charge in [0.15, 0.2) is 0 Å². The number of benzene rings is 19. The summed E-state index contributed by atoms with van der Waals surface area (Å²) in [6.45, 7) is 4.78. The Hall–Kier alpha value is -15.2. The highest BCUT2D eigenvalue weighted by atomic mass is 15.1. The van der Waals surface area contributed by atoms with E-state index in [0.29, 0.717) is 0 Å². The standard InChI is InChI=1S/C121H82N2/c1-117(2)105-47-23-15-39-93(105)101-71-67-91(77-115(101)117)123(90-70-73-113-103(76-90)99-45-21-26-50-108(99)118(113,81-31-7-3-8-32-81)82-33-9-4-10-34-82)88-65-63-86(64-66-88)120(106-48-24-16-40-94(106)95-41-17-25-49-107(95)120)85-61-57-80(58-62-85)79-55-59-84(60-56-79)119(83-35-11-5-12-36-83)109-51-27-22-46-100(109)104-75-89(69-74-114(104)119)122(87-37-13-6-14-38-87)92-68-72-102-98-44-20-30-54-112(98)121(116(102)78-92)110-52-28-18-42-96(110)97-43-19-29-53-111(97)121/h3-78H,1-2H3. The monoisotopic (exact) mass is 1560 g/mol. The van der Waals surface area contributed by atoms with Crippen LogP contribution in [0.1, 0.15) is 114 Å². The smallest absolute Gasteiger partial charge is 0.0726 e. The first-order valence-electron chi connectivity index (χ1n) is 43.3. The van der Waals surface area contributed by atoms with Gasteiger partial charge in [0.2, 0.25) is 0 Å². The molecule has 0 saturated heterocycles. The van der Waals surface area contributed by atoms with Gasteiger partial charge in [-0.25, -0.2) is 0 Å². The summed E-state index contributed by atoms with van der Waals surface area (Å²) >= 11 is 0. The Bertz CT molecular complexity index is 7360. The zero-order valence-corrected chi connectivity index (χ0v) is 68.3. The molecule has 0 saturated carbocycles. The van der Waals surface area contributed by atoms with Crippen LogP contribution in [-0.2, 0) is 27.1 Å². The predicted molar refractivity (Wildman–Crippen MR) is 507 cm³/mol. The molecular weight excluding hydrogens is 1480 g/mol. The lowest BCUT2D eigenvalue weighted by Gasteiger charge is -2.35. The number of anilines is 6. The summed E-state index contributed by atoms with van der Waals surface area (Å²) in [7, 11) is 0. The van der Waals surface area contributed by atoms with Crippen LogP contribution in [0.5, 0.6) is 0 Å². The van der Waals surface area contributed by atoms with Crippen LogP contribution >= 0.6 is 0 Å². The van der Waals surface area contributed by atoms with E-state index >= 15 is 0 Å². The Labute approximate surface area is 718 Å². The molecule has 6 aliphatic rings. The third-order valence-electron chi connectivity index (χ3n) is 28.8. The number of nitrogens with zero attached hydrogens (tertiary/aromatic N) is 2. The van der Waals surface area contributed by atoms with Crippen LogP contribution in [0.15, 0.2) is 461 Å². The zero-order valence-electron chi connectivity index (χ0n) is 68.3. The van der Waals surface area contributed by atoms with Crippen molar-refractivity contribution < 1.29 is 0 Å². The molecule has 6 aliphatic carbocycles. The zero-order chi connectivity index (χ0) is 81.3. The molecule has 25 rings (SSSR count). The molecule has 576 valence electrons. The maximum atomic E-state index is 2.51. The van der Waals surface area contributed by atoms with Crippen molar-refractivity contribution in [3.8, 4) is 77.9 Å². The molecule has 19 aromatic carbocycles. The lowest BCUT2D eigenvalue weighted by molar-refractivity contribution is 0.660. The van der Waals surface area contributed by atoms with E-state index in [1.807, 2.05) is 0 Å². The number of rotatable bonds is 13. The van der Waals surface area contributed by atoms with Crippen molar-refractivity contribution in [2.75, 3.05) is 9.80 Å². The van der Waals surface area contributed by atoms with Crippen LogP contribution in [0.25, 0.3) is 77.9 Å². The SMILES string of the molecule is CC1(C)c2ccccc2-c2ccc(N(c3ccc(C4(c5ccc(-c6ccc(C7(c8ccccc8)c8ccccc8-c8cc(N(c9ccccc9)c9ccc%10c(c9)C9(c%11ccccc%11-c%11ccccc%119)c9ccccc9-%10)ccc87)cc6)cc5)c5ccccc5-c5ccccc54)cc3)c3ccc4c(c3)-c3ccccc3C4(c3ccccc3)c3ccccc3)cc21. The summed E-state index contributed by atoms with van der Waals surface area (Å²) in [5, 5.41) is 0. The maximum Gasteiger partial charge on any atom is 0.0726 e. The highest BCUT2D eigenvalue weighted by molar-refractivity contribution is 5.99. The topological polar surface area (TPSA) is 6.48 Å². The van der Waals surface area contributed by atoms with Gasteiger partial charge in [0.1, 0.15) is 0 Å². The lowest BCUT2D eigenvalue weighted by Crippen LogP contribution is -2.28. The van der Waals surface area contributed by atoms with Crippen LogP contribution < -0.4 is 9.80 Å². The van der Waals surface area contributed by atoms with Crippen molar-refractivity contribution in [3.63, 3.8) is 0 Å². The molecule has 0 amide bonds. The van der Waals surface area contributed by atoms with E-state index < -0.39 is 21.7 Å². The molecule has 19 aromatic rings. The molecule has 0 bridgehead atoms. The van der Waals surface area contributed by atoms with Crippen LogP contribution in [-0.4, -0.2) is 0 Å². The van der Waals surface area contributed by atoms with Gasteiger partial charge >= 0.3 is 0 Å². The maximum absolute atomic E-state index is 2.51. The molecule has 123 heavy (non-hydrogen) atoms. The lowest BCUT2D eigenvalue weighted by atomic mass is 9.67. The minimum Gasteiger partial charge on any atom is -0.310 e. The summed E-state index contributed by atoms with van der Waals surface area (Å²) in [6.07, 6.45) is 0. The first kappa shape index (κ1) is 70.8. The van der Waals surface area contributed by atoms with Gasteiger partial charge in [-0.15, -0.1) is 0 Å². The molecule has 0 heterocycles. The molecule has 2 heteroatoms. The van der Waals surface area contributed by atoms with E-state index in [-0.39, 0.29) is 5.41 Å². The summed E-state index contributed by atoms with van der Waals surface area (Å²) in [4.78, 5) is 5.00. The molecule has 0 radical (unpaired) electrons. The highest BCUT2D eigenvalue weighted by Crippen LogP contribution is 2.66. The Morgan fingerprint density at radius 1 is 0.138 bits per heavy atom. The van der Waals surface area contributed by atoms with Crippen LogP contribution in [0.4, 0.5) is 34.1 Å². The fourth-order valence-electron chi connectivity index (χ4n) is 23.7. The second kappa shape index (κ2) is 26.9. The minimum absolute atomic E-state index is 0.210. The fourth-order valence-corrected chi connectivity index (χ4v) is 23.7. The van der Waals surface area contributed by atoms with Gasteiger partial charge in [0.25, 0.3) is 0 Å². The van der Waals surface area contributed by atoms with Crippen molar-refractivity contribution in [2.45, 2.75) is 40.9 Å².